The molecule has 0 atom stereocenters. The molecule has 2 N–H and O–H groups in total. The molecule has 2 amide bonds. The van der Waals surface area contributed by atoms with Crippen LogP contribution in [0.4, 0.5) is 16.3 Å². The first kappa shape index (κ1) is 14.3. The Labute approximate surface area is 121 Å². The number of amides is 2. The van der Waals surface area contributed by atoms with Crippen molar-refractivity contribution in [2.75, 3.05) is 10.6 Å². The van der Waals surface area contributed by atoms with E-state index in [9.17, 15) is 9.59 Å². The standard InChI is InChI=1S/C14H13N5O2/c1-9(20)10-4-3-5-12(6-10)17-14(21)18-13-11(7-15)8-16-19(13)2/h3-6,8H,1-2H3,(H2,17,18,21). The monoisotopic (exact) mass is 283 g/mol. The Balaban J connectivity index is 2.12. The van der Waals surface area contributed by atoms with Crippen LogP contribution in [0.2, 0.25) is 0 Å². The lowest BCUT2D eigenvalue weighted by molar-refractivity contribution is 0.101. The van der Waals surface area contributed by atoms with Gasteiger partial charge in [0.05, 0.1) is 6.20 Å². The number of rotatable bonds is 3. The molecule has 2 rings (SSSR count). The van der Waals surface area contributed by atoms with Crippen molar-refractivity contribution in [2.45, 2.75) is 6.92 Å². The first-order chi connectivity index (χ1) is 10.0. The predicted octanol–water partition coefficient (Wildman–Crippen LogP) is 2.14. The zero-order chi connectivity index (χ0) is 15.4. The normalized spacial score (nSPS) is 9.76. The average molecular weight is 283 g/mol. The number of carbonyl (C=O) groups is 2. The van der Waals surface area contributed by atoms with E-state index < -0.39 is 6.03 Å². The number of anilines is 2. The summed E-state index contributed by atoms with van der Waals surface area (Å²) in [6, 6.07) is 8.01. The summed E-state index contributed by atoms with van der Waals surface area (Å²) < 4.78 is 1.39. The number of nitrogens with one attached hydrogen (secondary N) is 2. The molecule has 21 heavy (non-hydrogen) atoms. The van der Waals surface area contributed by atoms with Crippen molar-refractivity contribution in [1.82, 2.24) is 9.78 Å². The molecule has 1 aromatic heterocycles. The van der Waals surface area contributed by atoms with Gasteiger partial charge in [-0.05, 0) is 19.1 Å². The Bertz CT molecular complexity index is 742. The summed E-state index contributed by atoms with van der Waals surface area (Å²) in [6.07, 6.45) is 1.37. The zero-order valence-corrected chi connectivity index (χ0v) is 11.5. The van der Waals surface area contributed by atoms with E-state index in [0.29, 0.717) is 17.1 Å². The number of hydrogen-bond acceptors (Lipinski definition) is 4. The van der Waals surface area contributed by atoms with Crippen LogP contribution in [-0.4, -0.2) is 21.6 Å². The van der Waals surface area contributed by atoms with Crippen molar-refractivity contribution < 1.29 is 9.59 Å². The minimum absolute atomic E-state index is 0.0857. The second-order valence-corrected chi connectivity index (χ2v) is 4.36. The van der Waals surface area contributed by atoms with E-state index in [4.69, 9.17) is 5.26 Å². The van der Waals surface area contributed by atoms with Gasteiger partial charge in [0.2, 0.25) is 0 Å². The minimum atomic E-state index is -0.518. The predicted molar refractivity (Wildman–Crippen MR) is 77.0 cm³/mol. The number of nitriles is 1. The number of nitrogens with zero attached hydrogens (tertiary/aromatic N) is 3. The number of aryl methyl sites for hydroxylation is 1. The molecule has 7 nitrogen and oxygen atoms in total. The lowest BCUT2D eigenvalue weighted by Gasteiger charge is -2.08. The summed E-state index contributed by atoms with van der Waals surface area (Å²) in [7, 11) is 1.62. The van der Waals surface area contributed by atoms with Gasteiger partial charge in [-0.25, -0.2) is 4.79 Å². The summed E-state index contributed by atoms with van der Waals surface area (Å²) >= 11 is 0. The molecule has 106 valence electrons. The lowest BCUT2D eigenvalue weighted by atomic mass is 10.1. The second-order valence-electron chi connectivity index (χ2n) is 4.36. The fourth-order valence-electron chi connectivity index (χ4n) is 1.75. The molecule has 1 heterocycles. The van der Waals surface area contributed by atoms with Crippen molar-refractivity contribution in [3.05, 3.63) is 41.6 Å². The van der Waals surface area contributed by atoms with E-state index in [1.165, 1.54) is 17.8 Å². The highest BCUT2D eigenvalue weighted by Gasteiger charge is 2.12. The van der Waals surface area contributed by atoms with Crippen LogP contribution in [-0.2, 0) is 7.05 Å². The summed E-state index contributed by atoms with van der Waals surface area (Å²) in [4.78, 5) is 23.2. The van der Waals surface area contributed by atoms with Gasteiger partial charge in [-0.15, -0.1) is 0 Å². The van der Waals surface area contributed by atoms with Crippen LogP contribution in [0.25, 0.3) is 0 Å². The number of hydrogen-bond donors (Lipinski definition) is 2. The van der Waals surface area contributed by atoms with Gasteiger partial charge in [0.15, 0.2) is 5.78 Å². The summed E-state index contributed by atoms with van der Waals surface area (Å²) in [5.41, 5.74) is 1.26. The molecule has 0 saturated carbocycles. The van der Waals surface area contributed by atoms with Crippen molar-refractivity contribution in [3.8, 4) is 6.07 Å². The molecule has 0 aliphatic heterocycles. The quantitative estimate of drug-likeness (QED) is 0.843. The molecule has 0 radical (unpaired) electrons. The van der Waals surface area contributed by atoms with E-state index in [-0.39, 0.29) is 11.3 Å². The molecule has 7 heteroatoms. The Morgan fingerprint density at radius 3 is 2.76 bits per heavy atom. The first-order valence-electron chi connectivity index (χ1n) is 6.12. The Morgan fingerprint density at radius 1 is 1.33 bits per heavy atom. The highest BCUT2D eigenvalue weighted by Crippen LogP contribution is 2.14. The average Bonchev–Trinajstić information content (AvgIpc) is 2.79. The maximum atomic E-state index is 11.9. The number of benzene rings is 1. The Hall–Kier alpha value is -3.14. The molecule has 0 aliphatic rings. The molecule has 0 unspecified atom stereocenters. The maximum absolute atomic E-state index is 11.9. The number of urea groups is 1. The van der Waals surface area contributed by atoms with Crippen LogP contribution in [0.5, 0.6) is 0 Å². The summed E-state index contributed by atoms with van der Waals surface area (Å²) in [6.45, 7) is 1.45. The Kier molecular flexibility index (Phi) is 4.00. The van der Waals surface area contributed by atoms with Crippen molar-refractivity contribution in [1.29, 1.82) is 5.26 Å². The molecule has 1 aromatic carbocycles. The van der Waals surface area contributed by atoms with Gasteiger partial charge in [0, 0.05) is 18.3 Å². The van der Waals surface area contributed by atoms with Gasteiger partial charge < -0.3 is 5.32 Å². The number of Topliss-reactive ketones (excluding diaryl/α,β-unsaturated/α-hetero) is 1. The Morgan fingerprint density at radius 2 is 2.10 bits per heavy atom. The molecule has 0 aliphatic carbocycles. The van der Waals surface area contributed by atoms with Gasteiger partial charge in [-0.1, -0.05) is 12.1 Å². The van der Waals surface area contributed by atoms with E-state index >= 15 is 0 Å². The molecular weight excluding hydrogens is 270 g/mol. The van der Waals surface area contributed by atoms with Crippen molar-refractivity contribution in [2.24, 2.45) is 7.05 Å². The number of carbonyl (C=O) groups excluding carboxylic acids is 2. The third-order valence-corrected chi connectivity index (χ3v) is 2.82. The SMILES string of the molecule is CC(=O)c1cccc(NC(=O)Nc2c(C#N)cnn2C)c1. The van der Waals surface area contributed by atoms with Gasteiger partial charge in [0.25, 0.3) is 0 Å². The third-order valence-electron chi connectivity index (χ3n) is 2.82. The summed E-state index contributed by atoms with van der Waals surface area (Å²) in [5.74, 6) is 0.218. The lowest BCUT2D eigenvalue weighted by Crippen LogP contribution is -2.21. The van der Waals surface area contributed by atoms with Crippen LogP contribution < -0.4 is 10.6 Å². The molecule has 0 saturated heterocycles. The maximum Gasteiger partial charge on any atom is 0.324 e. The zero-order valence-electron chi connectivity index (χ0n) is 11.5. The molecule has 2 aromatic rings. The molecule has 0 fully saturated rings. The largest absolute Gasteiger partial charge is 0.324 e. The first-order valence-corrected chi connectivity index (χ1v) is 6.12. The van der Waals surface area contributed by atoms with Crippen molar-refractivity contribution in [3.63, 3.8) is 0 Å². The van der Waals surface area contributed by atoms with E-state index in [2.05, 4.69) is 15.7 Å². The van der Waals surface area contributed by atoms with Crippen LogP contribution in [0.1, 0.15) is 22.8 Å². The second kappa shape index (κ2) is 5.88. The van der Waals surface area contributed by atoms with Crippen LogP contribution in [0, 0.1) is 11.3 Å². The fraction of sp³-hybridized carbons (Fsp3) is 0.143. The molecule has 0 spiro atoms. The topological polar surface area (TPSA) is 99.8 Å². The van der Waals surface area contributed by atoms with Gasteiger partial charge in [-0.2, -0.15) is 10.4 Å². The smallest absolute Gasteiger partial charge is 0.308 e. The van der Waals surface area contributed by atoms with Crippen LogP contribution in [0.3, 0.4) is 0 Å². The van der Waals surface area contributed by atoms with Gasteiger partial charge in [0.1, 0.15) is 17.5 Å². The number of aromatic nitrogens is 2. The van der Waals surface area contributed by atoms with Gasteiger partial charge >= 0.3 is 6.03 Å². The highest BCUT2D eigenvalue weighted by atomic mass is 16.2. The van der Waals surface area contributed by atoms with Crippen LogP contribution in [0.15, 0.2) is 30.5 Å². The summed E-state index contributed by atoms with van der Waals surface area (Å²) in [5, 5.41) is 18.0. The van der Waals surface area contributed by atoms with Gasteiger partial charge in [-0.3, -0.25) is 14.8 Å². The van der Waals surface area contributed by atoms with E-state index in [0.717, 1.165) is 0 Å². The molecule has 0 bridgehead atoms. The van der Waals surface area contributed by atoms with E-state index in [1.807, 2.05) is 6.07 Å². The number of ketones is 1. The fourth-order valence-corrected chi connectivity index (χ4v) is 1.75. The van der Waals surface area contributed by atoms with E-state index in [1.54, 1.807) is 31.3 Å². The molecular formula is C14H13N5O2. The highest BCUT2D eigenvalue weighted by molar-refractivity contribution is 6.01. The third kappa shape index (κ3) is 3.25. The minimum Gasteiger partial charge on any atom is -0.308 e. The van der Waals surface area contributed by atoms with Crippen LogP contribution >= 0.6 is 0 Å². The van der Waals surface area contributed by atoms with Crippen molar-refractivity contribution >= 4 is 23.3 Å².